The zero-order valence-corrected chi connectivity index (χ0v) is 18.2. The van der Waals surface area contributed by atoms with Gasteiger partial charge in [0.1, 0.15) is 16.5 Å². The molecule has 0 bridgehead atoms. The first-order chi connectivity index (χ1) is 15.3. The number of aromatic nitrogens is 1. The van der Waals surface area contributed by atoms with Gasteiger partial charge in [0.15, 0.2) is 11.6 Å². The fourth-order valence-electron chi connectivity index (χ4n) is 3.04. The quantitative estimate of drug-likeness (QED) is 0.437. The first-order valence-corrected chi connectivity index (χ1v) is 10.2. The number of ether oxygens (including phenoxy) is 2. The predicted octanol–water partition coefficient (Wildman–Crippen LogP) is 4.86. The van der Waals surface area contributed by atoms with Crippen LogP contribution in [-0.2, 0) is 0 Å². The van der Waals surface area contributed by atoms with Crippen LogP contribution in [-0.4, -0.2) is 30.1 Å². The molecule has 1 aromatic heterocycles. The highest BCUT2D eigenvalue weighted by atomic mass is 35.5. The van der Waals surface area contributed by atoms with Crippen LogP contribution in [0.4, 0.5) is 14.9 Å². The number of urea groups is 1. The van der Waals surface area contributed by atoms with Crippen molar-refractivity contribution in [2.24, 2.45) is 5.73 Å². The summed E-state index contributed by atoms with van der Waals surface area (Å²) in [5, 5.41) is 5.07. The number of carbonyl (C=O) groups excluding carboxylic acids is 2. The summed E-state index contributed by atoms with van der Waals surface area (Å²) in [5.41, 5.74) is 5.94. The molecule has 32 heavy (non-hydrogen) atoms. The Hall–Kier alpha value is -3.30. The van der Waals surface area contributed by atoms with Crippen LogP contribution in [0.15, 0.2) is 30.5 Å². The van der Waals surface area contributed by atoms with E-state index < -0.39 is 17.8 Å². The molecule has 2 aromatic carbocycles. The van der Waals surface area contributed by atoms with Crippen molar-refractivity contribution >= 4 is 51.7 Å². The van der Waals surface area contributed by atoms with Crippen LogP contribution in [0.1, 0.15) is 23.2 Å². The van der Waals surface area contributed by atoms with E-state index in [1.54, 1.807) is 0 Å². The lowest BCUT2D eigenvalue weighted by molar-refractivity contribution is 0.0997. The van der Waals surface area contributed by atoms with E-state index in [9.17, 15) is 9.59 Å². The largest absolute Gasteiger partial charge is 0.496 e. The van der Waals surface area contributed by atoms with Gasteiger partial charge in [-0.2, -0.15) is 0 Å². The number of carbonyl (C=O) groups is 2. The van der Waals surface area contributed by atoms with Crippen LogP contribution in [0.5, 0.6) is 17.2 Å². The summed E-state index contributed by atoms with van der Waals surface area (Å²) in [6, 6.07) is 5.31. The zero-order chi connectivity index (χ0) is 23.0. The molecule has 1 aliphatic carbocycles. The van der Waals surface area contributed by atoms with E-state index in [4.69, 9.17) is 38.4 Å². The summed E-state index contributed by atoms with van der Waals surface area (Å²) in [6.07, 6.45) is 3.23. The van der Waals surface area contributed by atoms with Crippen molar-refractivity contribution in [1.29, 1.82) is 0 Å². The van der Waals surface area contributed by atoms with Crippen molar-refractivity contribution < 1.29 is 23.5 Å². The minimum Gasteiger partial charge on any atom is -0.496 e. The molecule has 0 saturated heterocycles. The highest BCUT2D eigenvalue weighted by Gasteiger charge is 2.25. The standard InChI is InChI=1S/C21H17Cl2FN4O4/c1-31-16-8-13-10(6-11(16)20(25)29)15(4-5-26-13)32-19-12(22)7-14(17(23)18(19)24)28-21(30)27-9-2-3-9/h4-9H,2-3H2,1H3,(H2,25,29)(H2,27,28,30). The lowest BCUT2D eigenvalue weighted by atomic mass is 10.1. The smallest absolute Gasteiger partial charge is 0.319 e. The van der Waals surface area contributed by atoms with E-state index >= 15 is 4.39 Å². The van der Waals surface area contributed by atoms with E-state index in [1.807, 2.05) is 0 Å². The molecule has 166 valence electrons. The SMILES string of the molecule is COc1cc2nccc(Oc3c(Cl)cc(NC(=O)NC4CC4)c(Cl)c3F)c2cc1C(N)=O. The Morgan fingerprint density at radius 3 is 2.62 bits per heavy atom. The number of anilines is 1. The number of primary amides is 1. The van der Waals surface area contributed by atoms with Gasteiger partial charge in [0, 0.05) is 23.7 Å². The second kappa shape index (κ2) is 8.68. The van der Waals surface area contributed by atoms with Gasteiger partial charge in [-0.25, -0.2) is 9.18 Å². The summed E-state index contributed by atoms with van der Waals surface area (Å²) in [4.78, 5) is 28.0. The van der Waals surface area contributed by atoms with Crippen molar-refractivity contribution in [3.8, 4) is 17.2 Å². The lowest BCUT2D eigenvalue weighted by Crippen LogP contribution is -2.30. The molecule has 4 N–H and O–H groups in total. The molecular formula is C21H17Cl2FN4O4. The van der Waals surface area contributed by atoms with Crippen LogP contribution in [0.3, 0.4) is 0 Å². The van der Waals surface area contributed by atoms with E-state index in [-0.39, 0.29) is 44.6 Å². The van der Waals surface area contributed by atoms with Gasteiger partial charge in [-0.05, 0) is 31.0 Å². The number of nitrogens with one attached hydrogen (secondary N) is 2. The average Bonchev–Trinajstić information content (AvgIpc) is 3.57. The molecule has 8 nitrogen and oxygen atoms in total. The number of pyridine rings is 1. The molecular weight excluding hydrogens is 462 g/mol. The fraction of sp³-hybridized carbons (Fsp3) is 0.190. The van der Waals surface area contributed by atoms with Gasteiger partial charge in [0.25, 0.3) is 5.91 Å². The Morgan fingerprint density at radius 2 is 1.97 bits per heavy atom. The normalized spacial score (nSPS) is 13.0. The number of hydrogen-bond acceptors (Lipinski definition) is 5. The molecule has 0 atom stereocenters. The maximum Gasteiger partial charge on any atom is 0.319 e. The number of halogens is 3. The molecule has 11 heteroatoms. The Kier molecular flexibility index (Phi) is 5.94. The van der Waals surface area contributed by atoms with E-state index in [1.165, 1.54) is 37.6 Å². The van der Waals surface area contributed by atoms with Crippen LogP contribution in [0.25, 0.3) is 10.9 Å². The second-order valence-electron chi connectivity index (χ2n) is 7.08. The maximum atomic E-state index is 15.0. The van der Waals surface area contributed by atoms with Crippen LogP contribution < -0.4 is 25.8 Å². The molecule has 3 amide bonds. The molecule has 0 radical (unpaired) electrons. The summed E-state index contributed by atoms with van der Waals surface area (Å²) < 4.78 is 25.9. The molecule has 3 aromatic rings. The molecule has 1 saturated carbocycles. The van der Waals surface area contributed by atoms with Crippen molar-refractivity contribution in [2.45, 2.75) is 18.9 Å². The third kappa shape index (κ3) is 4.35. The predicted molar refractivity (Wildman–Crippen MR) is 118 cm³/mol. The summed E-state index contributed by atoms with van der Waals surface area (Å²) in [5.74, 6) is -1.64. The number of rotatable bonds is 6. The molecule has 4 rings (SSSR count). The molecule has 0 aliphatic heterocycles. The van der Waals surface area contributed by atoms with Crippen LogP contribution in [0.2, 0.25) is 10.0 Å². The highest BCUT2D eigenvalue weighted by molar-refractivity contribution is 6.36. The number of nitrogens with two attached hydrogens (primary N) is 1. The third-order valence-electron chi connectivity index (χ3n) is 4.78. The van der Waals surface area contributed by atoms with Crippen molar-refractivity contribution in [2.75, 3.05) is 12.4 Å². The molecule has 0 unspecified atom stereocenters. The van der Waals surface area contributed by atoms with Crippen molar-refractivity contribution in [1.82, 2.24) is 10.3 Å². The summed E-state index contributed by atoms with van der Waals surface area (Å²) >= 11 is 12.3. The van der Waals surface area contributed by atoms with Gasteiger partial charge < -0.3 is 25.8 Å². The molecule has 0 spiro atoms. The lowest BCUT2D eigenvalue weighted by Gasteiger charge is -2.15. The van der Waals surface area contributed by atoms with Crippen molar-refractivity contribution in [3.63, 3.8) is 0 Å². The van der Waals surface area contributed by atoms with Crippen molar-refractivity contribution in [3.05, 3.63) is 51.9 Å². The van der Waals surface area contributed by atoms with E-state index in [0.717, 1.165) is 12.8 Å². The Labute approximate surface area is 191 Å². The van der Waals surface area contributed by atoms with Crippen LogP contribution in [0, 0.1) is 5.82 Å². The number of fused-ring (bicyclic) bond motifs is 1. The fourth-order valence-corrected chi connectivity index (χ4v) is 3.46. The third-order valence-corrected chi connectivity index (χ3v) is 5.43. The Morgan fingerprint density at radius 1 is 1.22 bits per heavy atom. The molecule has 1 fully saturated rings. The number of benzene rings is 2. The number of amides is 3. The second-order valence-corrected chi connectivity index (χ2v) is 7.87. The minimum atomic E-state index is -0.963. The van der Waals surface area contributed by atoms with E-state index in [2.05, 4.69) is 15.6 Å². The van der Waals surface area contributed by atoms with Gasteiger partial charge in [0.2, 0.25) is 0 Å². The highest BCUT2D eigenvalue weighted by Crippen LogP contribution is 2.42. The summed E-state index contributed by atoms with van der Waals surface area (Å²) in [6.45, 7) is 0. The zero-order valence-electron chi connectivity index (χ0n) is 16.7. The van der Waals surface area contributed by atoms with Gasteiger partial charge in [0.05, 0.1) is 28.9 Å². The monoisotopic (exact) mass is 478 g/mol. The minimum absolute atomic E-state index is 0.00000381. The first kappa shape index (κ1) is 21.9. The molecule has 1 aliphatic rings. The van der Waals surface area contributed by atoms with Crippen LogP contribution >= 0.6 is 23.2 Å². The Balaban J connectivity index is 1.70. The van der Waals surface area contributed by atoms with Gasteiger partial charge in [-0.15, -0.1) is 0 Å². The Bertz CT molecular complexity index is 1250. The number of hydrogen-bond donors (Lipinski definition) is 3. The average molecular weight is 479 g/mol. The topological polar surface area (TPSA) is 116 Å². The van der Waals surface area contributed by atoms with Gasteiger partial charge in [-0.3, -0.25) is 9.78 Å². The van der Waals surface area contributed by atoms with E-state index in [0.29, 0.717) is 10.9 Å². The van der Waals surface area contributed by atoms with Gasteiger partial charge >= 0.3 is 6.03 Å². The summed E-state index contributed by atoms with van der Waals surface area (Å²) in [7, 11) is 1.39. The first-order valence-electron chi connectivity index (χ1n) is 9.48. The van der Waals surface area contributed by atoms with Gasteiger partial charge in [-0.1, -0.05) is 23.2 Å². The maximum absolute atomic E-state index is 15.0. The number of methoxy groups -OCH3 is 1. The molecule has 1 heterocycles. The number of nitrogens with zero attached hydrogens (tertiary/aromatic N) is 1.